The van der Waals surface area contributed by atoms with Crippen molar-refractivity contribution in [1.29, 1.82) is 0 Å². The van der Waals surface area contributed by atoms with Crippen molar-refractivity contribution in [3.63, 3.8) is 0 Å². The fourth-order valence-corrected chi connectivity index (χ4v) is 2.51. The third kappa shape index (κ3) is 2.16. The van der Waals surface area contributed by atoms with E-state index in [2.05, 4.69) is 26.1 Å². The van der Waals surface area contributed by atoms with E-state index in [1.165, 1.54) is 18.4 Å². The van der Waals surface area contributed by atoms with Gasteiger partial charge in [0, 0.05) is 37.5 Å². The number of rotatable bonds is 2. The molecule has 0 aromatic carbocycles. The second-order valence-corrected chi connectivity index (χ2v) is 4.51. The van der Waals surface area contributed by atoms with Crippen LogP contribution in [0.25, 0.3) is 0 Å². The van der Waals surface area contributed by atoms with Crippen LogP contribution in [0, 0.1) is 0 Å². The van der Waals surface area contributed by atoms with Crippen LogP contribution in [0.2, 0.25) is 0 Å². The fourth-order valence-electron chi connectivity index (χ4n) is 2.51. The lowest BCUT2D eigenvalue weighted by atomic mass is 9.92. The Kier molecular flexibility index (Phi) is 2.78. The van der Waals surface area contributed by atoms with Crippen LogP contribution >= 0.6 is 0 Å². The summed E-state index contributed by atoms with van der Waals surface area (Å²) in [5.41, 5.74) is 1.34. The molecule has 0 amide bonds. The molecule has 1 atom stereocenters. The summed E-state index contributed by atoms with van der Waals surface area (Å²) in [5.74, 6) is 1.71. The number of hydrogen-bond acceptors (Lipinski definition) is 3. The lowest BCUT2D eigenvalue weighted by molar-refractivity contribution is 0.506. The number of pyridine rings is 1. The average Bonchev–Trinajstić information content (AvgIpc) is 2.94. The highest BCUT2D eigenvalue weighted by molar-refractivity contribution is 5.38. The quantitative estimate of drug-likeness (QED) is 0.857. The first kappa shape index (κ1) is 10.3. The molecule has 2 aromatic rings. The Balaban J connectivity index is 1.76. The molecular formula is C13H16N4. The van der Waals surface area contributed by atoms with E-state index in [1.54, 1.807) is 0 Å². The van der Waals surface area contributed by atoms with Crippen molar-refractivity contribution in [2.75, 3.05) is 18.0 Å². The van der Waals surface area contributed by atoms with Gasteiger partial charge < -0.3 is 4.90 Å². The number of H-pyrrole nitrogens is 1. The summed E-state index contributed by atoms with van der Waals surface area (Å²) < 4.78 is 0. The third-order valence-corrected chi connectivity index (χ3v) is 3.40. The topological polar surface area (TPSA) is 44.8 Å². The second kappa shape index (κ2) is 4.57. The number of hydrogen-bond donors (Lipinski definition) is 1. The summed E-state index contributed by atoms with van der Waals surface area (Å²) in [4.78, 5) is 6.58. The van der Waals surface area contributed by atoms with Crippen LogP contribution in [0.5, 0.6) is 0 Å². The summed E-state index contributed by atoms with van der Waals surface area (Å²) in [6.45, 7) is 2.16. The second-order valence-electron chi connectivity index (χ2n) is 4.51. The molecule has 0 radical (unpaired) electrons. The molecule has 1 N–H and O–H groups in total. The molecule has 4 heteroatoms. The zero-order valence-electron chi connectivity index (χ0n) is 9.71. The SMILES string of the molecule is c1cncc(C2CCCN(c3ccn[nH]3)C2)c1. The van der Waals surface area contributed by atoms with Gasteiger partial charge in [0.1, 0.15) is 5.82 Å². The largest absolute Gasteiger partial charge is 0.356 e. The summed E-state index contributed by atoms with van der Waals surface area (Å²) in [7, 11) is 0. The average molecular weight is 228 g/mol. The third-order valence-electron chi connectivity index (χ3n) is 3.40. The van der Waals surface area contributed by atoms with Gasteiger partial charge in [-0.2, -0.15) is 5.10 Å². The van der Waals surface area contributed by atoms with Gasteiger partial charge >= 0.3 is 0 Å². The highest BCUT2D eigenvalue weighted by atomic mass is 15.3. The van der Waals surface area contributed by atoms with E-state index in [0.29, 0.717) is 5.92 Å². The van der Waals surface area contributed by atoms with E-state index in [0.717, 1.165) is 18.9 Å². The Morgan fingerprint density at radius 1 is 1.29 bits per heavy atom. The van der Waals surface area contributed by atoms with Crippen molar-refractivity contribution in [2.45, 2.75) is 18.8 Å². The van der Waals surface area contributed by atoms with E-state index >= 15 is 0 Å². The van der Waals surface area contributed by atoms with Crippen LogP contribution in [0.3, 0.4) is 0 Å². The maximum Gasteiger partial charge on any atom is 0.123 e. The Morgan fingerprint density at radius 2 is 2.29 bits per heavy atom. The van der Waals surface area contributed by atoms with Crippen molar-refractivity contribution < 1.29 is 0 Å². The summed E-state index contributed by atoms with van der Waals surface area (Å²) in [6, 6.07) is 6.23. The molecule has 0 spiro atoms. The van der Waals surface area contributed by atoms with Crippen LogP contribution in [-0.4, -0.2) is 28.3 Å². The number of piperidine rings is 1. The normalized spacial score (nSPS) is 20.5. The Morgan fingerprint density at radius 3 is 3.06 bits per heavy atom. The van der Waals surface area contributed by atoms with E-state index in [4.69, 9.17) is 0 Å². The Bertz CT molecular complexity index is 452. The number of nitrogens with one attached hydrogen (secondary N) is 1. The van der Waals surface area contributed by atoms with Gasteiger partial charge in [0.15, 0.2) is 0 Å². The molecule has 0 aliphatic carbocycles. The predicted octanol–water partition coefficient (Wildman–Crippen LogP) is 2.19. The molecular weight excluding hydrogens is 212 g/mol. The zero-order chi connectivity index (χ0) is 11.5. The lowest BCUT2D eigenvalue weighted by Crippen LogP contribution is -2.34. The monoisotopic (exact) mass is 228 g/mol. The molecule has 1 aliphatic rings. The summed E-state index contributed by atoms with van der Waals surface area (Å²) >= 11 is 0. The van der Waals surface area contributed by atoms with Gasteiger partial charge in [0.25, 0.3) is 0 Å². The minimum absolute atomic E-state index is 0.584. The van der Waals surface area contributed by atoms with Crippen LogP contribution in [0.1, 0.15) is 24.3 Å². The maximum atomic E-state index is 4.21. The Labute approximate surface area is 101 Å². The van der Waals surface area contributed by atoms with Crippen LogP contribution in [0.4, 0.5) is 5.82 Å². The van der Waals surface area contributed by atoms with Crippen LogP contribution in [0.15, 0.2) is 36.8 Å². The van der Waals surface area contributed by atoms with Gasteiger partial charge in [-0.3, -0.25) is 10.1 Å². The zero-order valence-corrected chi connectivity index (χ0v) is 9.71. The van der Waals surface area contributed by atoms with E-state index in [9.17, 15) is 0 Å². The molecule has 1 fully saturated rings. The molecule has 1 saturated heterocycles. The molecule has 3 rings (SSSR count). The van der Waals surface area contributed by atoms with E-state index < -0.39 is 0 Å². The van der Waals surface area contributed by atoms with Crippen molar-refractivity contribution in [3.05, 3.63) is 42.4 Å². The highest BCUT2D eigenvalue weighted by Crippen LogP contribution is 2.28. The lowest BCUT2D eigenvalue weighted by Gasteiger charge is -2.33. The number of aromatic nitrogens is 3. The predicted molar refractivity (Wildman–Crippen MR) is 67.0 cm³/mol. The van der Waals surface area contributed by atoms with Gasteiger partial charge in [-0.05, 0) is 24.5 Å². The highest BCUT2D eigenvalue weighted by Gasteiger charge is 2.22. The number of aromatic amines is 1. The standard InChI is InChI=1S/C13H16N4/c1-3-11(9-14-6-1)12-4-2-8-17(10-12)13-5-7-15-16-13/h1,3,5-7,9,12H,2,4,8,10H2,(H,15,16). The van der Waals surface area contributed by atoms with Gasteiger partial charge in [-0.25, -0.2) is 0 Å². The number of nitrogens with zero attached hydrogens (tertiary/aromatic N) is 3. The smallest absolute Gasteiger partial charge is 0.123 e. The summed E-state index contributed by atoms with van der Waals surface area (Å²) in [5, 5.41) is 7.06. The van der Waals surface area contributed by atoms with Gasteiger partial charge in [-0.15, -0.1) is 0 Å². The molecule has 1 aliphatic heterocycles. The molecule has 1 unspecified atom stereocenters. The molecule has 3 heterocycles. The molecule has 4 nitrogen and oxygen atoms in total. The van der Waals surface area contributed by atoms with E-state index in [-0.39, 0.29) is 0 Å². The van der Waals surface area contributed by atoms with E-state index in [1.807, 2.05) is 30.7 Å². The van der Waals surface area contributed by atoms with Crippen molar-refractivity contribution in [1.82, 2.24) is 15.2 Å². The minimum atomic E-state index is 0.584. The van der Waals surface area contributed by atoms with Crippen molar-refractivity contribution >= 4 is 5.82 Å². The first-order chi connectivity index (χ1) is 8.43. The molecule has 0 bridgehead atoms. The molecule has 17 heavy (non-hydrogen) atoms. The first-order valence-corrected chi connectivity index (χ1v) is 6.08. The van der Waals surface area contributed by atoms with Crippen molar-refractivity contribution in [3.8, 4) is 0 Å². The maximum absolute atomic E-state index is 4.21. The minimum Gasteiger partial charge on any atom is -0.356 e. The molecule has 88 valence electrons. The van der Waals surface area contributed by atoms with Crippen LogP contribution in [-0.2, 0) is 0 Å². The van der Waals surface area contributed by atoms with Crippen molar-refractivity contribution in [2.24, 2.45) is 0 Å². The van der Waals surface area contributed by atoms with Crippen LogP contribution < -0.4 is 4.90 Å². The summed E-state index contributed by atoms with van der Waals surface area (Å²) in [6.07, 6.45) is 8.10. The Hall–Kier alpha value is -1.84. The number of anilines is 1. The van der Waals surface area contributed by atoms with Gasteiger partial charge in [0.05, 0.1) is 6.20 Å². The molecule has 0 saturated carbocycles. The fraction of sp³-hybridized carbons (Fsp3) is 0.385. The first-order valence-electron chi connectivity index (χ1n) is 6.08. The van der Waals surface area contributed by atoms with Gasteiger partial charge in [-0.1, -0.05) is 6.07 Å². The molecule has 2 aromatic heterocycles. The van der Waals surface area contributed by atoms with Gasteiger partial charge in [0.2, 0.25) is 0 Å².